The van der Waals surface area contributed by atoms with Crippen LogP contribution in [0.3, 0.4) is 0 Å². The number of carbonyl (C=O) groups excluding carboxylic acids is 1. The lowest BCUT2D eigenvalue weighted by Crippen LogP contribution is -2.25. The standard InChI is InChI=1S/C11H14N2O4/c14-10(15)2-1-5-12-11(16)8-6-9(17-13-8)7-3-4-7/h6-7H,1-5H2,(H,12,16)(H,14,15). The highest BCUT2D eigenvalue weighted by atomic mass is 16.5. The van der Waals surface area contributed by atoms with E-state index in [1.54, 1.807) is 6.07 Å². The number of carboxylic acid groups (broad SMARTS) is 1. The van der Waals surface area contributed by atoms with Crippen LogP contribution in [0.5, 0.6) is 0 Å². The monoisotopic (exact) mass is 238 g/mol. The zero-order chi connectivity index (χ0) is 12.3. The lowest BCUT2D eigenvalue weighted by Gasteiger charge is -1.99. The highest BCUT2D eigenvalue weighted by molar-refractivity contribution is 5.92. The normalized spacial score (nSPS) is 14.6. The predicted octanol–water partition coefficient (Wildman–Crippen LogP) is 1.15. The van der Waals surface area contributed by atoms with Gasteiger partial charge in [-0.1, -0.05) is 5.16 Å². The van der Waals surface area contributed by atoms with Gasteiger partial charge in [0.1, 0.15) is 5.76 Å². The second-order valence-corrected chi connectivity index (χ2v) is 4.14. The van der Waals surface area contributed by atoms with Crippen LogP contribution in [0, 0.1) is 0 Å². The number of nitrogens with zero attached hydrogens (tertiary/aromatic N) is 1. The molecular weight excluding hydrogens is 224 g/mol. The lowest BCUT2D eigenvalue weighted by molar-refractivity contribution is -0.137. The minimum absolute atomic E-state index is 0.0480. The zero-order valence-electron chi connectivity index (χ0n) is 9.31. The van der Waals surface area contributed by atoms with Crippen molar-refractivity contribution in [2.75, 3.05) is 6.54 Å². The van der Waals surface area contributed by atoms with Crippen molar-refractivity contribution < 1.29 is 19.2 Å². The second-order valence-electron chi connectivity index (χ2n) is 4.14. The quantitative estimate of drug-likeness (QED) is 0.725. The van der Waals surface area contributed by atoms with Crippen molar-refractivity contribution >= 4 is 11.9 Å². The highest BCUT2D eigenvalue weighted by Crippen LogP contribution is 2.40. The van der Waals surface area contributed by atoms with Crippen LogP contribution in [0.4, 0.5) is 0 Å². The number of hydrogen-bond donors (Lipinski definition) is 2. The van der Waals surface area contributed by atoms with Crippen LogP contribution in [0.15, 0.2) is 10.6 Å². The summed E-state index contributed by atoms with van der Waals surface area (Å²) in [5.41, 5.74) is 0.266. The minimum atomic E-state index is -0.864. The molecule has 92 valence electrons. The Balaban J connectivity index is 1.76. The third-order valence-electron chi connectivity index (χ3n) is 2.59. The third kappa shape index (κ3) is 3.30. The van der Waals surface area contributed by atoms with Gasteiger partial charge in [0.15, 0.2) is 5.69 Å². The van der Waals surface area contributed by atoms with Gasteiger partial charge in [-0.3, -0.25) is 9.59 Å². The van der Waals surface area contributed by atoms with Crippen molar-refractivity contribution in [1.29, 1.82) is 0 Å². The van der Waals surface area contributed by atoms with Gasteiger partial charge in [-0.25, -0.2) is 0 Å². The Hall–Kier alpha value is -1.85. The van der Waals surface area contributed by atoms with Crippen molar-refractivity contribution in [3.8, 4) is 0 Å². The molecule has 0 aliphatic heterocycles. The first-order valence-corrected chi connectivity index (χ1v) is 5.63. The molecule has 0 unspecified atom stereocenters. The summed E-state index contributed by atoms with van der Waals surface area (Å²) >= 11 is 0. The number of carboxylic acids is 1. The summed E-state index contributed by atoms with van der Waals surface area (Å²) < 4.78 is 5.05. The molecule has 0 aromatic carbocycles. The van der Waals surface area contributed by atoms with Gasteiger partial charge in [0.05, 0.1) is 0 Å². The fourth-order valence-corrected chi connectivity index (χ4v) is 1.49. The van der Waals surface area contributed by atoms with Gasteiger partial charge in [-0.2, -0.15) is 0 Å². The van der Waals surface area contributed by atoms with Crippen molar-refractivity contribution in [1.82, 2.24) is 10.5 Å². The van der Waals surface area contributed by atoms with E-state index in [0.29, 0.717) is 18.9 Å². The largest absolute Gasteiger partial charge is 0.481 e. The van der Waals surface area contributed by atoms with E-state index in [1.807, 2.05) is 0 Å². The van der Waals surface area contributed by atoms with E-state index >= 15 is 0 Å². The van der Waals surface area contributed by atoms with Crippen molar-refractivity contribution in [2.24, 2.45) is 0 Å². The molecule has 0 atom stereocenters. The Morgan fingerprint density at radius 3 is 2.94 bits per heavy atom. The van der Waals surface area contributed by atoms with Gasteiger partial charge in [0.2, 0.25) is 0 Å². The molecule has 0 saturated heterocycles. The molecule has 1 aliphatic rings. The summed E-state index contributed by atoms with van der Waals surface area (Å²) in [6.45, 7) is 0.330. The smallest absolute Gasteiger partial charge is 0.303 e. The summed E-state index contributed by atoms with van der Waals surface area (Å²) in [6.07, 6.45) is 2.64. The van der Waals surface area contributed by atoms with Gasteiger partial charge < -0.3 is 14.9 Å². The van der Waals surface area contributed by atoms with Crippen LogP contribution < -0.4 is 5.32 Å². The molecule has 1 amide bonds. The van der Waals surface area contributed by atoms with Crippen molar-refractivity contribution in [2.45, 2.75) is 31.6 Å². The fourth-order valence-electron chi connectivity index (χ4n) is 1.49. The van der Waals surface area contributed by atoms with E-state index in [4.69, 9.17) is 9.63 Å². The maximum absolute atomic E-state index is 11.6. The lowest BCUT2D eigenvalue weighted by atomic mass is 10.2. The average Bonchev–Trinajstić information content (AvgIpc) is 3.02. The van der Waals surface area contributed by atoms with Crippen LogP contribution in [-0.2, 0) is 4.79 Å². The van der Waals surface area contributed by atoms with E-state index < -0.39 is 5.97 Å². The Bertz CT molecular complexity index is 423. The molecule has 0 bridgehead atoms. The maximum Gasteiger partial charge on any atom is 0.303 e. The highest BCUT2D eigenvalue weighted by Gasteiger charge is 2.28. The first-order chi connectivity index (χ1) is 8.16. The van der Waals surface area contributed by atoms with Gasteiger partial charge >= 0.3 is 5.97 Å². The molecule has 1 aromatic rings. The molecule has 2 N–H and O–H groups in total. The van der Waals surface area contributed by atoms with Crippen molar-refractivity contribution in [3.63, 3.8) is 0 Å². The molecule has 1 aliphatic carbocycles. The molecule has 6 heteroatoms. The van der Waals surface area contributed by atoms with Gasteiger partial charge in [-0.05, 0) is 19.3 Å². The van der Waals surface area contributed by atoms with Gasteiger partial charge in [-0.15, -0.1) is 0 Å². The number of amides is 1. The summed E-state index contributed by atoms with van der Waals surface area (Å²) in [6, 6.07) is 1.66. The maximum atomic E-state index is 11.6. The van der Waals surface area contributed by atoms with Gasteiger partial charge in [0.25, 0.3) is 5.91 Å². The molecule has 0 spiro atoms. The van der Waals surface area contributed by atoms with Crippen LogP contribution in [0.1, 0.15) is 47.8 Å². The number of hydrogen-bond acceptors (Lipinski definition) is 4. The van der Waals surface area contributed by atoms with Crippen LogP contribution in [0.2, 0.25) is 0 Å². The summed E-state index contributed by atoms with van der Waals surface area (Å²) in [4.78, 5) is 21.8. The number of aliphatic carboxylic acids is 1. The summed E-state index contributed by atoms with van der Waals surface area (Å²) in [5.74, 6) is 0.0134. The van der Waals surface area contributed by atoms with E-state index in [0.717, 1.165) is 18.6 Å². The number of aromatic nitrogens is 1. The molecule has 1 saturated carbocycles. The molecule has 1 aromatic heterocycles. The molecule has 1 fully saturated rings. The van der Waals surface area contributed by atoms with Crippen molar-refractivity contribution in [3.05, 3.63) is 17.5 Å². The molecule has 6 nitrogen and oxygen atoms in total. The SMILES string of the molecule is O=C(O)CCCNC(=O)c1cc(C2CC2)on1. The minimum Gasteiger partial charge on any atom is -0.481 e. The summed E-state index contributed by atoms with van der Waals surface area (Å²) in [7, 11) is 0. The number of nitrogens with one attached hydrogen (secondary N) is 1. The molecular formula is C11H14N2O4. The Morgan fingerprint density at radius 1 is 1.53 bits per heavy atom. The average molecular weight is 238 g/mol. The van der Waals surface area contributed by atoms with Crippen LogP contribution in [0.25, 0.3) is 0 Å². The Kier molecular flexibility index (Phi) is 3.41. The molecule has 17 heavy (non-hydrogen) atoms. The van der Waals surface area contributed by atoms with Gasteiger partial charge in [0, 0.05) is 24.9 Å². The molecule has 1 heterocycles. The second kappa shape index (κ2) is 4.99. The molecule has 2 rings (SSSR count). The topological polar surface area (TPSA) is 92.4 Å². The van der Waals surface area contributed by atoms with E-state index in [2.05, 4.69) is 10.5 Å². The summed E-state index contributed by atoms with van der Waals surface area (Å²) in [5, 5.41) is 14.7. The van der Waals surface area contributed by atoms with Crippen LogP contribution >= 0.6 is 0 Å². The van der Waals surface area contributed by atoms with E-state index in [9.17, 15) is 9.59 Å². The Labute approximate surface area is 98.0 Å². The zero-order valence-corrected chi connectivity index (χ0v) is 9.31. The van der Waals surface area contributed by atoms with E-state index in [1.165, 1.54) is 0 Å². The van der Waals surface area contributed by atoms with E-state index in [-0.39, 0.29) is 18.0 Å². The number of rotatable bonds is 6. The predicted molar refractivity (Wildman–Crippen MR) is 57.7 cm³/mol. The first-order valence-electron chi connectivity index (χ1n) is 5.63. The number of carbonyl (C=O) groups is 2. The fraction of sp³-hybridized carbons (Fsp3) is 0.545. The Morgan fingerprint density at radius 2 is 2.29 bits per heavy atom. The molecule has 0 radical (unpaired) electrons. The van der Waals surface area contributed by atoms with Crippen LogP contribution in [-0.4, -0.2) is 28.7 Å². The third-order valence-corrected chi connectivity index (χ3v) is 2.59. The first kappa shape index (κ1) is 11.6.